The van der Waals surface area contributed by atoms with Crippen LogP contribution in [0.25, 0.3) is 34.8 Å². The van der Waals surface area contributed by atoms with E-state index in [1.165, 1.54) is 12.4 Å². The molecule has 3 fully saturated rings. The van der Waals surface area contributed by atoms with Gasteiger partial charge in [0, 0.05) is 99.9 Å². The highest BCUT2D eigenvalue weighted by atomic mass is 19.1. The quantitative estimate of drug-likeness (QED) is 0.225. The van der Waals surface area contributed by atoms with Crippen molar-refractivity contribution in [2.75, 3.05) is 83.4 Å². The number of fused-ring (bicyclic) bond motifs is 1. The topological polar surface area (TPSA) is 139 Å². The molecule has 0 spiro atoms. The zero-order valence-electron chi connectivity index (χ0n) is 29.2. The van der Waals surface area contributed by atoms with Gasteiger partial charge in [0.15, 0.2) is 11.6 Å². The van der Waals surface area contributed by atoms with E-state index in [1.54, 1.807) is 12.4 Å². The van der Waals surface area contributed by atoms with Crippen molar-refractivity contribution in [3.63, 3.8) is 0 Å². The molecule has 4 aliphatic rings. The summed E-state index contributed by atoms with van der Waals surface area (Å²) in [5.74, 6) is 0.177. The van der Waals surface area contributed by atoms with Gasteiger partial charge in [-0.1, -0.05) is 12.2 Å². The molecule has 3 aliphatic heterocycles. The minimum Gasteiger partial charge on any atom is -0.368 e. The maximum absolute atomic E-state index is 14.4. The standard InChI is InChI=1S/C38H44FN11O2/c39-29-22-42-36(43-23-29)28-1-4-31(5-2-28)49-17-19-50(20-18-49)34(51)24-48-14-9-38(26-48,25-47-15-12-41-13-16-47)37(52)44-30-3-6-33-32(21-30)35(46-45-33)27-7-10-40-11-8-27/h1-2,4-8,10-11,21-23,30,41,45H,3,9,12-20,24-26H2,(H,44,52). The Kier molecular flexibility index (Phi) is 9.76. The van der Waals surface area contributed by atoms with Gasteiger partial charge in [-0.15, -0.1) is 0 Å². The lowest BCUT2D eigenvalue weighted by atomic mass is 9.84. The molecule has 4 aromatic rings. The fourth-order valence-electron chi connectivity index (χ4n) is 7.92. The molecule has 0 radical (unpaired) electrons. The van der Waals surface area contributed by atoms with Gasteiger partial charge < -0.3 is 20.4 Å². The lowest BCUT2D eigenvalue weighted by Gasteiger charge is -2.38. The van der Waals surface area contributed by atoms with Crippen molar-refractivity contribution in [3.05, 3.63) is 77.6 Å². The van der Waals surface area contributed by atoms with E-state index in [2.05, 4.69) is 62.6 Å². The fraction of sp³-hybridized carbons (Fsp3) is 0.421. The molecule has 2 unspecified atom stereocenters. The smallest absolute Gasteiger partial charge is 0.236 e. The van der Waals surface area contributed by atoms with Crippen LogP contribution in [0.2, 0.25) is 0 Å². The van der Waals surface area contributed by atoms with E-state index in [1.807, 2.05) is 41.3 Å². The van der Waals surface area contributed by atoms with E-state index in [0.29, 0.717) is 57.9 Å². The van der Waals surface area contributed by atoms with Gasteiger partial charge in [0.05, 0.1) is 41.4 Å². The fourth-order valence-corrected chi connectivity index (χ4v) is 7.92. The third-order valence-corrected chi connectivity index (χ3v) is 10.8. The highest BCUT2D eigenvalue weighted by Crippen LogP contribution is 2.33. The lowest BCUT2D eigenvalue weighted by molar-refractivity contribution is -0.135. The Balaban J connectivity index is 0.899. The van der Waals surface area contributed by atoms with E-state index in [9.17, 15) is 14.0 Å². The van der Waals surface area contributed by atoms with Gasteiger partial charge in [-0.25, -0.2) is 14.4 Å². The number of aromatic amines is 1. The number of nitrogens with zero attached hydrogens (tertiary/aromatic N) is 8. The van der Waals surface area contributed by atoms with Gasteiger partial charge in [-0.2, -0.15) is 5.10 Å². The molecule has 3 N–H and O–H groups in total. The summed E-state index contributed by atoms with van der Waals surface area (Å²) >= 11 is 0. The molecule has 1 aliphatic carbocycles. The molecule has 6 heterocycles. The molecule has 3 saturated heterocycles. The molecule has 8 rings (SSSR count). The van der Waals surface area contributed by atoms with E-state index in [4.69, 9.17) is 0 Å². The predicted molar refractivity (Wildman–Crippen MR) is 196 cm³/mol. The second-order valence-electron chi connectivity index (χ2n) is 14.2. The normalized spacial score (nSPS) is 22.4. The Morgan fingerprint density at radius 3 is 2.40 bits per heavy atom. The van der Waals surface area contributed by atoms with Crippen molar-refractivity contribution in [2.24, 2.45) is 5.41 Å². The van der Waals surface area contributed by atoms with Gasteiger partial charge in [0.1, 0.15) is 0 Å². The number of piperazine rings is 2. The monoisotopic (exact) mass is 705 g/mol. The first-order valence-corrected chi connectivity index (χ1v) is 18.2. The molecular formula is C38H44FN11O2. The van der Waals surface area contributed by atoms with E-state index >= 15 is 0 Å². The third-order valence-electron chi connectivity index (χ3n) is 10.8. The first-order chi connectivity index (χ1) is 25.4. The number of likely N-dealkylation sites (tertiary alicyclic amines) is 1. The maximum atomic E-state index is 14.4. The van der Waals surface area contributed by atoms with Crippen molar-refractivity contribution in [3.8, 4) is 22.6 Å². The number of nitrogens with one attached hydrogen (secondary N) is 3. The molecule has 0 saturated carbocycles. The van der Waals surface area contributed by atoms with Crippen LogP contribution in [-0.4, -0.2) is 136 Å². The van der Waals surface area contributed by atoms with Crippen LogP contribution in [0.15, 0.2) is 61.2 Å². The molecule has 2 amide bonds. The zero-order valence-corrected chi connectivity index (χ0v) is 29.2. The molecule has 0 bridgehead atoms. The van der Waals surface area contributed by atoms with Gasteiger partial charge in [-0.3, -0.25) is 29.5 Å². The maximum Gasteiger partial charge on any atom is 0.236 e. The Morgan fingerprint density at radius 2 is 1.65 bits per heavy atom. The molecule has 270 valence electrons. The van der Waals surface area contributed by atoms with Crippen molar-refractivity contribution >= 4 is 29.7 Å². The van der Waals surface area contributed by atoms with Crippen LogP contribution in [0.1, 0.15) is 12.8 Å². The summed E-state index contributed by atoms with van der Waals surface area (Å²) in [5.41, 5.74) is 3.10. The summed E-state index contributed by atoms with van der Waals surface area (Å²) in [6.45, 7) is 8.56. The average Bonchev–Trinajstić information content (AvgIpc) is 3.80. The number of rotatable bonds is 9. The zero-order chi connectivity index (χ0) is 35.5. The van der Waals surface area contributed by atoms with Gasteiger partial charge in [0.25, 0.3) is 0 Å². The van der Waals surface area contributed by atoms with Crippen LogP contribution >= 0.6 is 0 Å². The molecule has 1 aromatic carbocycles. The number of amides is 2. The second-order valence-corrected chi connectivity index (χ2v) is 14.2. The van der Waals surface area contributed by atoms with Gasteiger partial charge >= 0.3 is 0 Å². The molecule has 52 heavy (non-hydrogen) atoms. The Bertz CT molecular complexity index is 1990. The summed E-state index contributed by atoms with van der Waals surface area (Å²) in [4.78, 5) is 49.1. The van der Waals surface area contributed by atoms with Crippen molar-refractivity contribution in [1.29, 1.82) is 0 Å². The number of carbonyl (C=O) groups is 2. The van der Waals surface area contributed by atoms with E-state index in [-0.39, 0.29) is 17.9 Å². The SMILES string of the molecule is O=C(CN1CCC(CN2CCNCC2)(C(=O)NC2C=c3c(-c4ccncc4)n[nH]c3=CC2)C1)N1CCN(c2ccc(-c3ncc(F)cn3)cc2)CC1. The average molecular weight is 706 g/mol. The number of anilines is 1. The molecule has 3 aromatic heterocycles. The van der Waals surface area contributed by atoms with Crippen LogP contribution in [0, 0.1) is 11.2 Å². The first kappa shape index (κ1) is 34.1. The summed E-state index contributed by atoms with van der Waals surface area (Å²) in [6.07, 6.45) is 11.5. The molecule has 13 nitrogen and oxygen atoms in total. The van der Waals surface area contributed by atoms with E-state index < -0.39 is 11.2 Å². The minimum atomic E-state index is -0.611. The number of pyridine rings is 1. The van der Waals surface area contributed by atoms with Gasteiger partial charge in [0.2, 0.25) is 11.8 Å². The number of H-pyrrole nitrogens is 1. The third kappa shape index (κ3) is 7.31. The van der Waals surface area contributed by atoms with Crippen LogP contribution in [0.3, 0.4) is 0 Å². The number of carbonyl (C=O) groups excluding carboxylic acids is 2. The Morgan fingerprint density at radius 1 is 0.904 bits per heavy atom. The summed E-state index contributed by atoms with van der Waals surface area (Å²) in [6, 6.07) is 11.6. The first-order valence-electron chi connectivity index (χ1n) is 18.2. The minimum absolute atomic E-state index is 0.0543. The number of hydrogen-bond donors (Lipinski definition) is 3. The largest absolute Gasteiger partial charge is 0.368 e. The van der Waals surface area contributed by atoms with Crippen molar-refractivity contribution in [2.45, 2.75) is 18.9 Å². The predicted octanol–water partition coefficient (Wildman–Crippen LogP) is 0.463. The number of aromatic nitrogens is 5. The lowest BCUT2D eigenvalue weighted by Crippen LogP contribution is -2.56. The number of benzene rings is 1. The summed E-state index contributed by atoms with van der Waals surface area (Å²) < 4.78 is 13.2. The Labute approximate surface area is 301 Å². The van der Waals surface area contributed by atoms with Crippen LogP contribution < -0.4 is 26.1 Å². The second kappa shape index (κ2) is 14.9. The van der Waals surface area contributed by atoms with Crippen molar-refractivity contribution in [1.82, 2.24) is 50.5 Å². The Hall–Kier alpha value is -5.05. The molecule has 2 atom stereocenters. The summed E-state index contributed by atoms with van der Waals surface area (Å²) in [7, 11) is 0. The van der Waals surface area contributed by atoms with Crippen LogP contribution in [0.5, 0.6) is 0 Å². The van der Waals surface area contributed by atoms with E-state index in [0.717, 1.165) is 72.3 Å². The van der Waals surface area contributed by atoms with Gasteiger partial charge in [-0.05, 0) is 55.8 Å². The number of halogens is 1. The highest BCUT2D eigenvalue weighted by molar-refractivity contribution is 5.85. The summed E-state index contributed by atoms with van der Waals surface area (Å²) in [5, 5.41) is 16.5. The number of hydrogen-bond acceptors (Lipinski definition) is 10. The van der Waals surface area contributed by atoms with Crippen molar-refractivity contribution < 1.29 is 14.0 Å². The highest BCUT2D eigenvalue weighted by Gasteiger charge is 2.46. The van der Waals surface area contributed by atoms with Crippen LogP contribution in [-0.2, 0) is 9.59 Å². The molecule has 14 heteroatoms. The van der Waals surface area contributed by atoms with Crippen LogP contribution in [0.4, 0.5) is 10.1 Å². The molecular weight excluding hydrogens is 661 g/mol.